The average Bonchev–Trinajstić information content (AvgIpc) is 2.87. The van der Waals surface area contributed by atoms with E-state index in [4.69, 9.17) is 25.8 Å². The van der Waals surface area contributed by atoms with E-state index in [1.807, 2.05) is 12.1 Å². The van der Waals surface area contributed by atoms with E-state index >= 15 is 0 Å². The summed E-state index contributed by atoms with van der Waals surface area (Å²) in [6.45, 7) is -0.426. The number of hydrogen-bond donors (Lipinski definition) is 2. The number of halogens is 1. The quantitative estimate of drug-likeness (QED) is 0.344. The predicted molar refractivity (Wildman–Crippen MR) is 134 cm³/mol. The number of pyridine rings is 1. The van der Waals surface area contributed by atoms with Gasteiger partial charge in [0.1, 0.15) is 11.3 Å². The van der Waals surface area contributed by atoms with Gasteiger partial charge in [-0.3, -0.25) is 14.6 Å². The first-order valence-corrected chi connectivity index (χ1v) is 11.0. The molecule has 0 radical (unpaired) electrons. The number of nitrogens with zero attached hydrogens (tertiary/aromatic N) is 1. The Kier molecular flexibility index (Phi) is 7.64. The van der Waals surface area contributed by atoms with Gasteiger partial charge in [-0.15, -0.1) is 0 Å². The molecule has 0 bridgehead atoms. The van der Waals surface area contributed by atoms with Gasteiger partial charge in [0.25, 0.3) is 11.8 Å². The molecule has 4 rings (SSSR count). The third-order valence-corrected chi connectivity index (χ3v) is 5.23. The van der Waals surface area contributed by atoms with Gasteiger partial charge in [0.15, 0.2) is 24.7 Å². The third kappa shape index (κ3) is 6.18. The summed E-state index contributed by atoms with van der Waals surface area (Å²) in [6.07, 6.45) is 1.63. The normalized spacial score (nSPS) is 10.5. The molecule has 0 saturated carbocycles. The highest BCUT2D eigenvalue weighted by molar-refractivity contribution is 6.35. The van der Waals surface area contributed by atoms with Crippen LogP contribution in [0.4, 0.5) is 11.4 Å². The van der Waals surface area contributed by atoms with Gasteiger partial charge in [-0.05, 0) is 54.6 Å². The van der Waals surface area contributed by atoms with Gasteiger partial charge in [-0.1, -0.05) is 29.8 Å². The smallest absolute Gasteiger partial charge is 0.262 e. The van der Waals surface area contributed by atoms with Crippen LogP contribution in [-0.2, 0) is 9.59 Å². The Morgan fingerprint density at radius 2 is 1.46 bits per heavy atom. The number of carbonyl (C=O) groups excluding carboxylic acids is 2. The second kappa shape index (κ2) is 11.2. The number of methoxy groups -OCH3 is 1. The number of fused-ring (bicyclic) bond motifs is 1. The molecule has 4 aromatic rings. The number of carbonyl (C=O) groups is 2. The third-order valence-electron chi connectivity index (χ3n) is 4.90. The van der Waals surface area contributed by atoms with Crippen LogP contribution in [0.3, 0.4) is 0 Å². The van der Waals surface area contributed by atoms with Crippen molar-refractivity contribution < 1.29 is 23.8 Å². The largest absolute Gasteiger partial charge is 0.493 e. The van der Waals surface area contributed by atoms with Crippen LogP contribution >= 0.6 is 11.6 Å². The maximum Gasteiger partial charge on any atom is 0.262 e. The zero-order valence-corrected chi connectivity index (χ0v) is 19.5. The Hall–Kier alpha value is -4.30. The van der Waals surface area contributed by atoms with E-state index in [0.717, 1.165) is 5.39 Å². The van der Waals surface area contributed by atoms with Crippen LogP contribution in [0.5, 0.6) is 17.2 Å². The average molecular weight is 492 g/mol. The topological polar surface area (TPSA) is 98.8 Å². The number of para-hydroxylation sites is 2. The standard InChI is InChI=1S/C26H22ClN3O5/c1-33-21-9-2-3-10-22(21)34-15-24(31)29-17-6-4-7-18(14-17)30-25(32)16-35-23-12-11-20(27)19-8-5-13-28-26(19)23/h2-14H,15-16H2,1H3,(H,29,31)(H,30,32). The number of benzene rings is 3. The molecule has 0 aliphatic heterocycles. The van der Waals surface area contributed by atoms with Crippen molar-refractivity contribution in [1.29, 1.82) is 0 Å². The maximum atomic E-state index is 12.4. The molecule has 178 valence electrons. The minimum atomic E-state index is -0.369. The van der Waals surface area contributed by atoms with Gasteiger partial charge < -0.3 is 24.8 Å². The molecule has 1 heterocycles. The van der Waals surface area contributed by atoms with Crippen LogP contribution in [0.15, 0.2) is 79.0 Å². The van der Waals surface area contributed by atoms with Gasteiger partial charge in [0, 0.05) is 23.0 Å². The molecule has 0 spiro atoms. The first-order chi connectivity index (χ1) is 17.0. The first kappa shape index (κ1) is 23.8. The van der Waals surface area contributed by atoms with Gasteiger partial charge in [-0.2, -0.15) is 0 Å². The lowest BCUT2D eigenvalue weighted by atomic mass is 10.2. The second-order valence-electron chi connectivity index (χ2n) is 7.35. The molecule has 3 aromatic carbocycles. The molecule has 0 unspecified atom stereocenters. The molecular formula is C26H22ClN3O5. The van der Waals surface area contributed by atoms with E-state index in [1.165, 1.54) is 7.11 Å². The summed E-state index contributed by atoms with van der Waals surface area (Å²) >= 11 is 6.20. The van der Waals surface area contributed by atoms with Crippen molar-refractivity contribution in [2.24, 2.45) is 0 Å². The molecule has 0 fully saturated rings. The molecule has 0 aliphatic rings. The van der Waals surface area contributed by atoms with Crippen molar-refractivity contribution in [3.05, 3.63) is 84.0 Å². The molecule has 1 aromatic heterocycles. The SMILES string of the molecule is COc1ccccc1OCC(=O)Nc1cccc(NC(=O)COc2ccc(Cl)c3cccnc23)c1. The van der Waals surface area contributed by atoms with Gasteiger partial charge in [-0.25, -0.2) is 0 Å². The van der Waals surface area contributed by atoms with Crippen LogP contribution in [0.2, 0.25) is 5.02 Å². The monoisotopic (exact) mass is 491 g/mol. The highest BCUT2D eigenvalue weighted by Gasteiger charge is 2.11. The molecule has 0 atom stereocenters. The van der Waals surface area contributed by atoms with Crippen molar-refractivity contribution >= 4 is 45.7 Å². The Morgan fingerprint density at radius 1 is 0.800 bits per heavy atom. The summed E-state index contributed by atoms with van der Waals surface area (Å²) in [4.78, 5) is 29.0. The number of ether oxygens (including phenoxy) is 3. The van der Waals surface area contributed by atoms with E-state index in [0.29, 0.717) is 39.2 Å². The molecule has 0 saturated heterocycles. The number of rotatable bonds is 9. The second-order valence-corrected chi connectivity index (χ2v) is 7.76. The van der Waals surface area contributed by atoms with Crippen molar-refractivity contribution in [3.63, 3.8) is 0 Å². The molecule has 8 nitrogen and oxygen atoms in total. The van der Waals surface area contributed by atoms with E-state index < -0.39 is 0 Å². The maximum absolute atomic E-state index is 12.4. The van der Waals surface area contributed by atoms with Crippen molar-refractivity contribution in [2.75, 3.05) is 31.0 Å². The van der Waals surface area contributed by atoms with Crippen LogP contribution < -0.4 is 24.8 Å². The van der Waals surface area contributed by atoms with Crippen LogP contribution in [-0.4, -0.2) is 37.1 Å². The highest BCUT2D eigenvalue weighted by atomic mass is 35.5. The van der Waals surface area contributed by atoms with Crippen molar-refractivity contribution in [1.82, 2.24) is 4.98 Å². The zero-order valence-electron chi connectivity index (χ0n) is 18.8. The van der Waals surface area contributed by atoms with E-state index in [9.17, 15) is 9.59 Å². The van der Waals surface area contributed by atoms with Gasteiger partial charge >= 0.3 is 0 Å². The van der Waals surface area contributed by atoms with Gasteiger partial charge in [0.2, 0.25) is 0 Å². The number of anilines is 2. The Labute approximate surface area is 206 Å². The number of aromatic nitrogens is 1. The first-order valence-electron chi connectivity index (χ1n) is 10.6. The molecule has 2 N–H and O–H groups in total. The Bertz CT molecular complexity index is 1360. The lowest BCUT2D eigenvalue weighted by molar-refractivity contribution is -0.118. The highest BCUT2D eigenvalue weighted by Crippen LogP contribution is 2.29. The molecule has 9 heteroatoms. The fourth-order valence-corrected chi connectivity index (χ4v) is 3.54. The predicted octanol–water partition coefficient (Wildman–Crippen LogP) is 4.93. The summed E-state index contributed by atoms with van der Waals surface area (Å²) in [7, 11) is 1.53. The van der Waals surface area contributed by atoms with E-state index in [1.54, 1.807) is 66.9 Å². The van der Waals surface area contributed by atoms with Crippen LogP contribution in [0.1, 0.15) is 0 Å². The minimum absolute atomic E-state index is 0.201. The van der Waals surface area contributed by atoms with Crippen molar-refractivity contribution in [3.8, 4) is 17.2 Å². The molecular weight excluding hydrogens is 470 g/mol. The summed E-state index contributed by atoms with van der Waals surface area (Å²) in [5, 5.41) is 6.78. The van der Waals surface area contributed by atoms with E-state index in [-0.39, 0.29) is 25.0 Å². The summed E-state index contributed by atoms with van der Waals surface area (Å²) in [6, 6.07) is 20.8. The fourth-order valence-electron chi connectivity index (χ4n) is 3.32. The van der Waals surface area contributed by atoms with E-state index in [2.05, 4.69) is 15.6 Å². The summed E-state index contributed by atoms with van der Waals surface area (Å²) < 4.78 is 16.4. The van der Waals surface area contributed by atoms with Crippen LogP contribution in [0.25, 0.3) is 10.9 Å². The number of amides is 2. The fraction of sp³-hybridized carbons (Fsp3) is 0.115. The van der Waals surface area contributed by atoms with Crippen LogP contribution in [0, 0.1) is 0 Å². The Balaban J connectivity index is 1.31. The Morgan fingerprint density at radius 3 is 2.14 bits per heavy atom. The summed E-state index contributed by atoms with van der Waals surface area (Å²) in [5.74, 6) is 0.734. The minimum Gasteiger partial charge on any atom is -0.493 e. The lowest BCUT2D eigenvalue weighted by Crippen LogP contribution is -2.21. The summed E-state index contributed by atoms with van der Waals surface area (Å²) in [5.41, 5.74) is 1.58. The van der Waals surface area contributed by atoms with Gasteiger partial charge in [0.05, 0.1) is 12.1 Å². The molecule has 0 aliphatic carbocycles. The molecule has 35 heavy (non-hydrogen) atoms. The number of hydrogen-bond acceptors (Lipinski definition) is 6. The lowest BCUT2D eigenvalue weighted by Gasteiger charge is -2.12. The zero-order chi connectivity index (χ0) is 24.6. The van der Waals surface area contributed by atoms with Crippen molar-refractivity contribution in [2.45, 2.75) is 0 Å². The number of nitrogens with one attached hydrogen (secondary N) is 2. The molecule has 2 amide bonds.